The lowest BCUT2D eigenvalue weighted by Gasteiger charge is -2.33. The molecule has 5 heteroatoms. The van der Waals surface area contributed by atoms with Gasteiger partial charge >= 0.3 is 11.8 Å². The van der Waals surface area contributed by atoms with Crippen LogP contribution < -0.4 is 5.32 Å². The maximum Gasteiger partial charge on any atom is 0.312 e. The molecule has 0 bridgehead atoms. The van der Waals surface area contributed by atoms with Crippen LogP contribution >= 0.6 is 0 Å². The molecule has 1 aliphatic carbocycles. The van der Waals surface area contributed by atoms with E-state index in [1.165, 1.54) is 12.8 Å². The van der Waals surface area contributed by atoms with Crippen LogP contribution in [0, 0.1) is 0 Å². The third-order valence-electron chi connectivity index (χ3n) is 3.39. The quantitative estimate of drug-likeness (QED) is 0.517. The molecule has 2 amide bonds. The number of amides is 2. The van der Waals surface area contributed by atoms with E-state index in [1.807, 2.05) is 6.92 Å². The van der Waals surface area contributed by atoms with Gasteiger partial charge in [0.2, 0.25) is 0 Å². The Morgan fingerprint density at radius 2 is 1.82 bits per heavy atom. The summed E-state index contributed by atoms with van der Waals surface area (Å²) in [5.41, 5.74) is 0. The van der Waals surface area contributed by atoms with Crippen molar-refractivity contribution in [3.05, 3.63) is 0 Å². The Kier molecular flexibility index (Phi) is 3.99. The van der Waals surface area contributed by atoms with Gasteiger partial charge in [0, 0.05) is 32.2 Å². The van der Waals surface area contributed by atoms with Gasteiger partial charge in [0.15, 0.2) is 0 Å². The monoisotopic (exact) mass is 239 g/mol. The molecule has 0 spiro atoms. The first-order valence-corrected chi connectivity index (χ1v) is 6.54. The predicted octanol–water partition coefficient (Wildman–Crippen LogP) is -0.181. The highest BCUT2D eigenvalue weighted by molar-refractivity contribution is 6.35. The van der Waals surface area contributed by atoms with Crippen LogP contribution in [0.3, 0.4) is 0 Å². The Bertz CT molecular complexity index is 302. The predicted molar refractivity (Wildman–Crippen MR) is 64.5 cm³/mol. The first-order valence-electron chi connectivity index (χ1n) is 6.54. The molecule has 2 rings (SSSR count). The summed E-state index contributed by atoms with van der Waals surface area (Å²) < 4.78 is 0. The van der Waals surface area contributed by atoms with E-state index < -0.39 is 0 Å². The van der Waals surface area contributed by atoms with E-state index in [9.17, 15) is 9.59 Å². The fourth-order valence-electron chi connectivity index (χ4n) is 2.09. The molecule has 0 aromatic carbocycles. The fourth-order valence-corrected chi connectivity index (χ4v) is 2.09. The van der Waals surface area contributed by atoms with Crippen molar-refractivity contribution < 1.29 is 9.59 Å². The molecule has 2 aliphatic rings. The normalized spacial score (nSPS) is 21.2. The van der Waals surface area contributed by atoms with Gasteiger partial charge in [-0.05, 0) is 32.7 Å². The molecule has 1 saturated carbocycles. The Morgan fingerprint density at radius 1 is 1.18 bits per heavy atom. The van der Waals surface area contributed by atoms with Crippen LogP contribution in [0.25, 0.3) is 0 Å². The average Bonchev–Trinajstić information content (AvgIpc) is 3.14. The molecule has 0 radical (unpaired) electrons. The Balaban J connectivity index is 1.69. The Labute approximate surface area is 102 Å². The summed E-state index contributed by atoms with van der Waals surface area (Å²) in [6.45, 7) is 5.53. The molecule has 0 aromatic rings. The zero-order valence-electron chi connectivity index (χ0n) is 10.4. The number of nitrogens with one attached hydrogen (secondary N) is 1. The number of hydrogen-bond donors (Lipinski definition) is 1. The fraction of sp³-hybridized carbons (Fsp3) is 0.833. The number of carbonyl (C=O) groups is 2. The number of piperazine rings is 1. The van der Waals surface area contributed by atoms with Crippen molar-refractivity contribution in [2.45, 2.75) is 32.2 Å². The summed E-state index contributed by atoms with van der Waals surface area (Å²) in [7, 11) is 0. The molecule has 0 atom stereocenters. The van der Waals surface area contributed by atoms with Crippen LogP contribution in [0.5, 0.6) is 0 Å². The number of carbonyl (C=O) groups excluding carboxylic acids is 2. The van der Waals surface area contributed by atoms with Gasteiger partial charge in [0.25, 0.3) is 0 Å². The number of hydrogen-bond acceptors (Lipinski definition) is 3. The summed E-state index contributed by atoms with van der Waals surface area (Å²) in [6, 6.07) is 0.712. The molecule has 96 valence electrons. The van der Waals surface area contributed by atoms with Crippen molar-refractivity contribution in [2.24, 2.45) is 0 Å². The van der Waals surface area contributed by atoms with Gasteiger partial charge in [-0.15, -0.1) is 0 Å². The third-order valence-corrected chi connectivity index (χ3v) is 3.39. The second-order valence-corrected chi connectivity index (χ2v) is 4.76. The van der Waals surface area contributed by atoms with Crippen LogP contribution in [-0.4, -0.2) is 60.4 Å². The van der Waals surface area contributed by atoms with E-state index in [0.717, 1.165) is 13.0 Å². The third kappa shape index (κ3) is 3.19. The van der Waals surface area contributed by atoms with Gasteiger partial charge in [-0.2, -0.15) is 0 Å². The molecule has 2 fully saturated rings. The van der Waals surface area contributed by atoms with E-state index in [4.69, 9.17) is 0 Å². The van der Waals surface area contributed by atoms with Crippen LogP contribution in [0.2, 0.25) is 0 Å². The molecule has 1 saturated heterocycles. The second-order valence-electron chi connectivity index (χ2n) is 4.76. The van der Waals surface area contributed by atoms with Crippen LogP contribution in [-0.2, 0) is 9.59 Å². The molecule has 0 unspecified atom stereocenters. The maximum absolute atomic E-state index is 11.7. The molecule has 5 nitrogen and oxygen atoms in total. The highest BCUT2D eigenvalue weighted by Crippen LogP contribution is 2.18. The molecular weight excluding hydrogens is 218 g/mol. The van der Waals surface area contributed by atoms with E-state index in [1.54, 1.807) is 9.80 Å². The van der Waals surface area contributed by atoms with Crippen molar-refractivity contribution in [3.63, 3.8) is 0 Å². The molecule has 0 aromatic heterocycles. The molecule has 1 aliphatic heterocycles. The summed E-state index contributed by atoms with van der Waals surface area (Å²) in [6.07, 6.45) is 3.50. The zero-order chi connectivity index (χ0) is 12.3. The smallest absolute Gasteiger partial charge is 0.312 e. The number of nitrogens with zero attached hydrogens (tertiary/aromatic N) is 2. The molecule has 17 heavy (non-hydrogen) atoms. The van der Waals surface area contributed by atoms with Gasteiger partial charge in [0.1, 0.15) is 0 Å². The van der Waals surface area contributed by atoms with E-state index in [-0.39, 0.29) is 11.8 Å². The summed E-state index contributed by atoms with van der Waals surface area (Å²) in [5.74, 6) is -0.668. The van der Waals surface area contributed by atoms with Crippen LogP contribution in [0.15, 0.2) is 0 Å². The minimum Gasteiger partial charge on any atom is -0.333 e. The van der Waals surface area contributed by atoms with Gasteiger partial charge < -0.3 is 15.1 Å². The topological polar surface area (TPSA) is 52.6 Å². The zero-order valence-corrected chi connectivity index (χ0v) is 10.4. The minimum atomic E-state index is -0.339. The van der Waals surface area contributed by atoms with Crippen molar-refractivity contribution in [1.82, 2.24) is 15.1 Å². The standard InChI is InChI=1S/C12H21N3O2/c1-2-14-8-9-15(12(17)11(14)16)7-3-6-13-10-4-5-10/h10,13H,2-9H2,1H3. The van der Waals surface area contributed by atoms with Crippen molar-refractivity contribution in [1.29, 1.82) is 0 Å². The van der Waals surface area contributed by atoms with Gasteiger partial charge in [-0.25, -0.2) is 0 Å². The number of rotatable bonds is 6. The lowest BCUT2D eigenvalue weighted by Crippen LogP contribution is -2.54. The average molecular weight is 239 g/mol. The van der Waals surface area contributed by atoms with E-state index in [2.05, 4.69) is 5.32 Å². The first-order chi connectivity index (χ1) is 8.22. The van der Waals surface area contributed by atoms with Crippen molar-refractivity contribution in [2.75, 3.05) is 32.7 Å². The largest absolute Gasteiger partial charge is 0.333 e. The Hall–Kier alpha value is -1.10. The van der Waals surface area contributed by atoms with Gasteiger partial charge in [-0.3, -0.25) is 9.59 Å². The van der Waals surface area contributed by atoms with Crippen molar-refractivity contribution >= 4 is 11.8 Å². The summed E-state index contributed by atoms with van der Waals surface area (Å²) in [5, 5.41) is 3.41. The van der Waals surface area contributed by atoms with Crippen molar-refractivity contribution in [3.8, 4) is 0 Å². The lowest BCUT2D eigenvalue weighted by atomic mass is 10.2. The minimum absolute atomic E-state index is 0.329. The molecule has 1 heterocycles. The first kappa shape index (κ1) is 12.4. The van der Waals surface area contributed by atoms with Gasteiger partial charge in [-0.1, -0.05) is 0 Å². The second kappa shape index (κ2) is 5.49. The van der Waals surface area contributed by atoms with Gasteiger partial charge in [0.05, 0.1) is 0 Å². The van der Waals surface area contributed by atoms with E-state index in [0.29, 0.717) is 32.2 Å². The van der Waals surface area contributed by atoms with Crippen LogP contribution in [0.4, 0.5) is 0 Å². The lowest BCUT2D eigenvalue weighted by molar-refractivity contribution is -0.155. The molecular formula is C12H21N3O2. The summed E-state index contributed by atoms with van der Waals surface area (Å²) in [4.78, 5) is 26.7. The number of likely N-dealkylation sites (N-methyl/N-ethyl adjacent to an activating group) is 1. The van der Waals surface area contributed by atoms with Crippen LogP contribution in [0.1, 0.15) is 26.2 Å². The maximum atomic E-state index is 11.7. The molecule has 1 N–H and O–H groups in total. The Morgan fingerprint density at radius 3 is 2.47 bits per heavy atom. The summed E-state index contributed by atoms with van der Waals surface area (Å²) >= 11 is 0. The highest BCUT2D eigenvalue weighted by atomic mass is 16.2. The highest BCUT2D eigenvalue weighted by Gasteiger charge is 2.31. The SMILES string of the molecule is CCN1CCN(CCCNC2CC2)C(=O)C1=O. The van der Waals surface area contributed by atoms with E-state index >= 15 is 0 Å².